The second kappa shape index (κ2) is 7.25. The van der Waals surface area contributed by atoms with E-state index in [1.54, 1.807) is 23.7 Å². The molecular formula is C21H16F3N5O. The predicted molar refractivity (Wildman–Crippen MR) is 105 cm³/mol. The Hall–Kier alpha value is -3.75. The molecule has 0 atom stereocenters. The summed E-state index contributed by atoms with van der Waals surface area (Å²) in [4.78, 5) is 26.9. The van der Waals surface area contributed by atoms with E-state index in [4.69, 9.17) is 0 Å². The van der Waals surface area contributed by atoms with Crippen LogP contribution >= 0.6 is 0 Å². The third-order valence-electron chi connectivity index (χ3n) is 4.67. The number of pyridine rings is 1. The van der Waals surface area contributed by atoms with Gasteiger partial charge in [0.15, 0.2) is 5.65 Å². The first-order valence-corrected chi connectivity index (χ1v) is 8.95. The third-order valence-corrected chi connectivity index (χ3v) is 4.67. The largest absolute Gasteiger partial charge is 0.416 e. The number of fused-ring (bicyclic) bond motifs is 1. The molecule has 0 N–H and O–H groups in total. The van der Waals surface area contributed by atoms with E-state index in [2.05, 4.69) is 15.0 Å². The second-order valence-electron chi connectivity index (χ2n) is 6.78. The molecule has 4 rings (SSSR count). The Labute approximate surface area is 169 Å². The minimum absolute atomic E-state index is 0.151. The van der Waals surface area contributed by atoms with Gasteiger partial charge in [-0.1, -0.05) is 18.2 Å². The monoisotopic (exact) mass is 411 g/mol. The number of rotatable bonds is 3. The highest BCUT2D eigenvalue weighted by atomic mass is 19.4. The van der Waals surface area contributed by atoms with Crippen LogP contribution in [0, 0.1) is 6.92 Å². The zero-order valence-electron chi connectivity index (χ0n) is 16.1. The van der Waals surface area contributed by atoms with Gasteiger partial charge in [-0.25, -0.2) is 15.0 Å². The van der Waals surface area contributed by atoms with E-state index in [0.29, 0.717) is 22.7 Å². The normalized spacial score (nSPS) is 11.6. The summed E-state index contributed by atoms with van der Waals surface area (Å²) in [6, 6.07) is 8.35. The van der Waals surface area contributed by atoms with Gasteiger partial charge in [-0.3, -0.25) is 14.1 Å². The predicted octanol–water partition coefficient (Wildman–Crippen LogP) is 4.40. The van der Waals surface area contributed by atoms with Gasteiger partial charge in [0.2, 0.25) is 0 Å². The molecule has 0 bridgehead atoms. The summed E-state index contributed by atoms with van der Waals surface area (Å²) in [6.45, 7) is 1.90. The number of amides is 1. The first-order valence-electron chi connectivity index (χ1n) is 8.95. The molecule has 0 aliphatic rings. The van der Waals surface area contributed by atoms with Crippen molar-refractivity contribution in [1.29, 1.82) is 0 Å². The first kappa shape index (κ1) is 19.6. The number of nitrogens with zero attached hydrogens (tertiary/aromatic N) is 5. The van der Waals surface area contributed by atoms with E-state index >= 15 is 0 Å². The van der Waals surface area contributed by atoms with Crippen LogP contribution in [0.15, 0.2) is 61.2 Å². The lowest BCUT2D eigenvalue weighted by Crippen LogP contribution is -2.28. The number of alkyl halides is 3. The fourth-order valence-corrected chi connectivity index (χ4v) is 2.98. The average molecular weight is 411 g/mol. The summed E-state index contributed by atoms with van der Waals surface area (Å²) >= 11 is 0. The quantitative estimate of drug-likeness (QED) is 0.502. The standard InChI is InChI=1S/C21H16F3N5O/c1-13-3-8-18(26-9-13)28(2)20(30)16-12-29-17(10-27-19(29)11-25-16)14-4-6-15(7-5-14)21(22,23)24/h3-12H,1-2H3. The van der Waals surface area contributed by atoms with Crippen LogP contribution in [0.25, 0.3) is 16.9 Å². The molecule has 0 spiro atoms. The Morgan fingerprint density at radius 3 is 2.33 bits per heavy atom. The zero-order chi connectivity index (χ0) is 21.5. The molecule has 0 fully saturated rings. The minimum Gasteiger partial charge on any atom is -0.296 e. The molecule has 0 unspecified atom stereocenters. The van der Waals surface area contributed by atoms with Crippen molar-refractivity contribution >= 4 is 17.4 Å². The lowest BCUT2D eigenvalue weighted by atomic mass is 10.1. The van der Waals surface area contributed by atoms with Gasteiger partial charge in [-0.15, -0.1) is 0 Å². The van der Waals surface area contributed by atoms with Crippen molar-refractivity contribution in [2.45, 2.75) is 13.1 Å². The van der Waals surface area contributed by atoms with E-state index < -0.39 is 11.7 Å². The highest BCUT2D eigenvalue weighted by Crippen LogP contribution is 2.31. The van der Waals surface area contributed by atoms with Gasteiger partial charge in [0, 0.05) is 25.0 Å². The fraction of sp³-hybridized carbons (Fsp3) is 0.143. The molecule has 1 amide bonds. The number of hydrogen-bond acceptors (Lipinski definition) is 4. The molecule has 4 aromatic rings. The number of anilines is 1. The van der Waals surface area contributed by atoms with Gasteiger partial charge in [-0.05, 0) is 30.7 Å². The van der Waals surface area contributed by atoms with Crippen LogP contribution in [-0.4, -0.2) is 32.3 Å². The summed E-state index contributed by atoms with van der Waals surface area (Å²) in [5, 5.41) is 0. The van der Waals surface area contributed by atoms with Crippen LogP contribution in [0.5, 0.6) is 0 Å². The summed E-state index contributed by atoms with van der Waals surface area (Å²) in [6.07, 6.45) is 1.74. The number of carbonyl (C=O) groups is 1. The van der Waals surface area contributed by atoms with Crippen molar-refractivity contribution < 1.29 is 18.0 Å². The lowest BCUT2D eigenvalue weighted by molar-refractivity contribution is -0.137. The van der Waals surface area contributed by atoms with Crippen LogP contribution < -0.4 is 4.90 Å². The molecule has 6 nitrogen and oxygen atoms in total. The number of halogens is 3. The van der Waals surface area contributed by atoms with Crippen LogP contribution in [0.4, 0.5) is 19.0 Å². The van der Waals surface area contributed by atoms with E-state index in [-0.39, 0.29) is 11.6 Å². The number of imidazole rings is 1. The molecule has 0 radical (unpaired) electrons. The van der Waals surface area contributed by atoms with Crippen LogP contribution in [0.3, 0.4) is 0 Å². The molecule has 9 heteroatoms. The van der Waals surface area contributed by atoms with Crippen molar-refractivity contribution in [3.8, 4) is 11.3 Å². The van der Waals surface area contributed by atoms with Gasteiger partial charge in [0.1, 0.15) is 11.5 Å². The topological polar surface area (TPSA) is 63.4 Å². The molecule has 3 aromatic heterocycles. The number of benzene rings is 1. The maximum atomic E-state index is 12.9. The van der Waals surface area contributed by atoms with Crippen LogP contribution in [0.2, 0.25) is 0 Å². The first-order chi connectivity index (χ1) is 14.2. The Bertz CT molecular complexity index is 1210. The van der Waals surface area contributed by atoms with Crippen molar-refractivity contribution in [1.82, 2.24) is 19.4 Å². The van der Waals surface area contributed by atoms with E-state index in [1.807, 2.05) is 13.0 Å². The van der Waals surface area contributed by atoms with E-state index in [1.165, 1.54) is 35.6 Å². The van der Waals surface area contributed by atoms with Crippen LogP contribution in [-0.2, 0) is 6.18 Å². The fourth-order valence-electron chi connectivity index (χ4n) is 2.98. The average Bonchev–Trinajstić information content (AvgIpc) is 3.16. The van der Waals surface area contributed by atoms with E-state index in [9.17, 15) is 18.0 Å². The Morgan fingerprint density at radius 2 is 1.70 bits per heavy atom. The Morgan fingerprint density at radius 1 is 0.967 bits per heavy atom. The lowest BCUT2D eigenvalue weighted by Gasteiger charge is -2.16. The maximum Gasteiger partial charge on any atom is 0.416 e. The number of hydrogen-bond donors (Lipinski definition) is 0. The molecule has 0 saturated carbocycles. The molecule has 3 heterocycles. The van der Waals surface area contributed by atoms with E-state index in [0.717, 1.165) is 17.7 Å². The summed E-state index contributed by atoms with van der Waals surface area (Å²) < 4.78 is 40.1. The summed E-state index contributed by atoms with van der Waals surface area (Å²) in [5.41, 5.74) is 1.94. The SMILES string of the molecule is Cc1ccc(N(C)C(=O)c2cn3c(-c4ccc(C(F)(F)F)cc4)cnc3cn2)nc1. The number of aromatic nitrogens is 4. The zero-order valence-corrected chi connectivity index (χ0v) is 16.1. The minimum atomic E-state index is -4.41. The Kier molecular flexibility index (Phi) is 4.73. The molecule has 0 aliphatic carbocycles. The molecular weight excluding hydrogens is 395 g/mol. The molecule has 152 valence electrons. The molecule has 30 heavy (non-hydrogen) atoms. The molecule has 0 aliphatic heterocycles. The van der Waals surface area contributed by atoms with Crippen LogP contribution in [0.1, 0.15) is 21.6 Å². The van der Waals surface area contributed by atoms with Gasteiger partial charge in [0.05, 0.1) is 23.7 Å². The second-order valence-corrected chi connectivity index (χ2v) is 6.78. The van der Waals surface area contributed by atoms with Crippen molar-refractivity contribution in [2.24, 2.45) is 0 Å². The van der Waals surface area contributed by atoms with Gasteiger partial charge >= 0.3 is 6.18 Å². The van der Waals surface area contributed by atoms with Crippen molar-refractivity contribution in [3.05, 3.63) is 78.0 Å². The van der Waals surface area contributed by atoms with Crippen molar-refractivity contribution in [2.75, 3.05) is 11.9 Å². The van der Waals surface area contributed by atoms with Gasteiger partial charge in [-0.2, -0.15) is 13.2 Å². The highest BCUT2D eigenvalue weighted by molar-refractivity contribution is 6.03. The number of aryl methyl sites for hydroxylation is 1. The Balaban J connectivity index is 1.69. The molecule has 1 aromatic carbocycles. The maximum absolute atomic E-state index is 12.9. The van der Waals surface area contributed by atoms with Gasteiger partial charge in [0.25, 0.3) is 5.91 Å². The summed E-state index contributed by atoms with van der Waals surface area (Å²) in [5.74, 6) is 0.0985. The van der Waals surface area contributed by atoms with Crippen molar-refractivity contribution in [3.63, 3.8) is 0 Å². The smallest absolute Gasteiger partial charge is 0.296 e. The third kappa shape index (κ3) is 3.61. The molecule has 0 saturated heterocycles. The van der Waals surface area contributed by atoms with Gasteiger partial charge < -0.3 is 0 Å². The highest BCUT2D eigenvalue weighted by Gasteiger charge is 2.30. The summed E-state index contributed by atoms with van der Waals surface area (Å²) in [7, 11) is 1.59. The number of carbonyl (C=O) groups excluding carboxylic acids is 1.